The monoisotopic (exact) mass is 301 g/mol. The minimum atomic E-state index is 0.430. The molecule has 1 aromatic heterocycles. The zero-order valence-electron chi connectivity index (χ0n) is 14.1. The Morgan fingerprint density at radius 3 is 2.27 bits per heavy atom. The van der Waals surface area contributed by atoms with Crippen LogP contribution in [0.1, 0.15) is 39.1 Å². The number of benzene rings is 1. The van der Waals surface area contributed by atoms with Crippen molar-refractivity contribution in [2.75, 3.05) is 18.0 Å². The summed E-state index contributed by atoms with van der Waals surface area (Å²) in [5.74, 6) is 0.539. The van der Waals surface area contributed by atoms with Gasteiger partial charge in [0.05, 0.1) is 17.1 Å². The molecule has 0 radical (unpaired) electrons. The summed E-state index contributed by atoms with van der Waals surface area (Å²) in [5, 5.41) is 8.53. The minimum Gasteiger partial charge on any atom is -0.372 e. The molecule has 0 spiro atoms. The fraction of sp³-hybridized carbons (Fsp3) is 0.529. The summed E-state index contributed by atoms with van der Waals surface area (Å²) in [6.45, 7) is 11.2. The molecule has 0 bridgehead atoms. The van der Waals surface area contributed by atoms with E-state index < -0.39 is 0 Å². The molecular weight excluding hydrogens is 274 g/mol. The molecule has 0 saturated heterocycles. The van der Waals surface area contributed by atoms with E-state index in [1.54, 1.807) is 0 Å². The highest BCUT2D eigenvalue weighted by Crippen LogP contribution is 2.20. The van der Waals surface area contributed by atoms with Crippen molar-refractivity contribution in [3.8, 4) is 5.69 Å². The van der Waals surface area contributed by atoms with Gasteiger partial charge in [0.15, 0.2) is 0 Å². The zero-order valence-corrected chi connectivity index (χ0v) is 14.1. The van der Waals surface area contributed by atoms with Gasteiger partial charge in [-0.1, -0.05) is 19.1 Å². The van der Waals surface area contributed by atoms with Crippen molar-refractivity contribution in [3.63, 3.8) is 0 Å². The first-order valence-electron chi connectivity index (χ1n) is 8.09. The molecule has 2 aromatic rings. The first-order chi connectivity index (χ1) is 10.6. The summed E-state index contributed by atoms with van der Waals surface area (Å²) in [5.41, 5.74) is 10.1. The lowest BCUT2D eigenvalue weighted by Gasteiger charge is -2.21. The number of anilines is 1. The van der Waals surface area contributed by atoms with Crippen LogP contribution in [0.15, 0.2) is 24.3 Å². The number of nitrogens with two attached hydrogens (primary N) is 1. The standard InChI is InChI=1S/C17H27N5/c1-5-21(6-2)14-7-9-15(10-8-14)22-17(11-13(3)4)16(12-18)19-20-22/h7-10,13H,5-6,11-12,18H2,1-4H3. The summed E-state index contributed by atoms with van der Waals surface area (Å²) in [6, 6.07) is 8.50. The van der Waals surface area contributed by atoms with Crippen LogP contribution >= 0.6 is 0 Å². The van der Waals surface area contributed by atoms with E-state index in [-0.39, 0.29) is 0 Å². The van der Waals surface area contributed by atoms with Crippen molar-refractivity contribution >= 4 is 5.69 Å². The molecule has 22 heavy (non-hydrogen) atoms. The van der Waals surface area contributed by atoms with Gasteiger partial charge in [0, 0.05) is 25.3 Å². The normalized spacial score (nSPS) is 11.2. The van der Waals surface area contributed by atoms with E-state index in [9.17, 15) is 0 Å². The second kappa shape index (κ2) is 7.40. The Morgan fingerprint density at radius 1 is 1.14 bits per heavy atom. The lowest BCUT2D eigenvalue weighted by atomic mass is 10.1. The van der Waals surface area contributed by atoms with Crippen LogP contribution in [0.3, 0.4) is 0 Å². The third-order valence-electron chi connectivity index (χ3n) is 3.86. The Balaban J connectivity index is 2.34. The molecule has 5 nitrogen and oxygen atoms in total. The van der Waals surface area contributed by atoms with Gasteiger partial charge in [-0.25, -0.2) is 4.68 Å². The second-order valence-corrected chi connectivity index (χ2v) is 5.89. The molecule has 2 N–H and O–H groups in total. The number of rotatable bonds is 7. The average molecular weight is 301 g/mol. The first-order valence-corrected chi connectivity index (χ1v) is 8.09. The largest absolute Gasteiger partial charge is 0.372 e. The molecule has 0 aliphatic rings. The molecule has 0 saturated carbocycles. The van der Waals surface area contributed by atoms with Crippen LogP contribution in [-0.4, -0.2) is 28.1 Å². The van der Waals surface area contributed by atoms with Crippen LogP contribution in [0, 0.1) is 5.92 Å². The molecule has 0 amide bonds. The quantitative estimate of drug-likeness (QED) is 0.854. The third-order valence-corrected chi connectivity index (χ3v) is 3.86. The van der Waals surface area contributed by atoms with Gasteiger partial charge in [-0.3, -0.25) is 0 Å². The Morgan fingerprint density at radius 2 is 1.77 bits per heavy atom. The molecular formula is C17H27N5. The lowest BCUT2D eigenvalue weighted by Crippen LogP contribution is -2.21. The topological polar surface area (TPSA) is 60.0 Å². The maximum Gasteiger partial charge on any atom is 0.0999 e. The van der Waals surface area contributed by atoms with Crippen molar-refractivity contribution in [1.29, 1.82) is 0 Å². The SMILES string of the molecule is CCN(CC)c1ccc(-n2nnc(CN)c2CC(C)C)cc1. The predicted octanol–water partition coefficient (Wildman–Crippen LogP) is 2.77. The van der Waals surface area contributed by atoms with Gasteiger partial charge < -0.3 is 10.6 Å². The Hall–Kier alpha value is -1.88. The maximum absolute atomic E-state index is 5.80. The molecule has 0 aliphatic heterocycles. The van der Waals surface area contributed by atoms with Crippen LogP contribution in [0.2, 0.25) is 0 Å². The van der Waals surface area contributed by atoms with Gasteiger partial charge >= 0.3 is 0 Å². The summed E-state index contributed by atoms with van der Waals surface area (Å²) in [7, 11) is 0. The van der Waals surface area contributed by atoms with Crippen molar-refractivity contribution in [1.82, 2.24) is 15.0 Å². The summed E-state index contributed by atoms with van der Waals surface area (Å²) in [4.78, 5) is 2.32. The summed E-state index contributed by atoms with van der Waals surface area (Å²) in [6.07, 6.45) is 0.928. The van der Waals surface area contributed by atoms with Crippen molar-refractivity contribution in [2.24, 2.45) is 11.7 Å². The fourth-order valence-electron chi connectivity index (χ4n) is 2.68. The molecule has 120 valence electrons. The highest BCUT2D eigenvalue weighted by molar-refractivity contribution is 5.51. The van der Waals surface area contributed by atoms with Crippen molar-refractivity contribution in [2.45, 2.75) is 40.7 Å². The van der Waals surface area contributed by atoms with Crippen LogP contribution in [0.4, 0.5) is 5.69 Å². The van der Waals surface area contributed by atoms with Crippen LogP contribution in [-0.2, 0) is 13.0 Å². The zero-order chi connectivity index (χ0) is 16.1. The van der Waals surface area contributed by atoms with E-state index >= 15 is 0 Å². The Labute approximate surface area is 133 Å². The number of aromatic nitrogens is 3. The first kappa shape index (κ1) is 16.5. The average Bonchev–Trinajstić information content (AvgIpc) is 2.91. The number of hydrogen-bond acceptors (Lipinski definition) is 4. The van der Waals surface area contributed by atoms with Gasteiger partial charge in [0.25, 0.3) is 0 Å². The molecule has 1 heterocycles. The van der Waals surface area contributed by atoms with E-state index in [1.165, 1.54) is 5.69 Å². The highest BCUT2D eigenvalue weighted by Gasteiger charge is 2.14. The Bertz CT molecular complexity index is 582. The minimum absolute atomic E-state index is 0.430. The molecule has 1 aromatic carbocycles. The van der Waals surface area contributed by atoms with E-state index in [4.69, 9.17) is 5.73 Å². The molecule has 0 fully saturated rings. The van der Waals surface area contributed by atoms with E-state index in [1.807, 2.05) is 4.68 Å². The number of hydrogen-bond donors (Lipinski definition) is 1. The van der Waals surface area contributed by atoms with Crippen molar-refractivity contribution < 1.29 is 0 Å². The van der Waals surface area contributed by atoms with Gasteiger partial charge in [-0.05, 0) is 50.5 Å². The van der Waals surface area contributed by atoms with Gasteiger partial charge in [0.1, 0.15) is 0 Å². The van der Waals surface area contributed by atoms with E-state index in [0.717, 1.165) is 36.6 Å². The predicted molar refractivity (Wildman–Crippen MR) is 91.4 cm³/mol. The lowest BCUT2D eigenvalue weighted by molar-refractivity contribution is 0.611. The third kappa shape index (κ3) is 3.47. The van der Waals surface area contributed by atoms with Gasteiger partial charge in [-0.15, -0.1) is 5.10 Å². The van der Waals surface area contributed by atoms with Crippen LogP contribution < -0.4 is 10.6 Å². The fourth-order valence-corrected chi connectivity index (χ4v) is 2.68. The highest BCUT2D eigenvalue weighted by atomic mass is 15.4. The molecule has 2 rings (SSSR count). The summed E-state index contributed by atoms with van der Waals surface area (Å²) < 4.78 is 1.92. The van der Waals surface area contributed by atoms with E-state index in [2.05, 4.69) is 67.2 Å². The second-order valence-electron chi connectivity index (χ2n) is 5.89. The molecule has 0 unspecified atom stereocenters. The molecule has 5 heteroatoms. The maximum atomic E-state index is 5.80. The summed E-state index contributed by atoms with van der Waals surface area (Å²) >= 11 is 0. The Kier molecular flexibility index (Phi) is 5.55. The van der Waals surface area contributed by atoms with E-state index in [0.29, 0.717) is 12.5 Å². The molecule has 0 aliphatic carbocycles. The van der Waals surface area contributed by atoms with Crippen LogP contribution in [0.25, 0.3) is 5.69 Å². The smallest absolute Gasteiger partial charge is 0.0999 e. The van der Waals surface area contributed by atoms with Crippen LogP contribution in [0.5, 0.6) is 0 Å². The van der Waals surface area contributed by atoms with Gasteiger partial charge in [0.2, 0.25) is 0 Å². The molecule has 0 atom stereocenters. The van der Waals surface area contributed by atoms with Crippen molar-refractivity contribution in [3.05, 3.63) is 35.7 Å². The van der Waals surface area contributed by atoms with Gasteiger partial charge in [-0.2, -0.15) is 0 Å². The number of nitrogens with zero attached hydrogens (tertiary/aromatic N) is 4.